The molecule has 1 aromatic heterocycles. The van der Waals surface area contributed by atoms with E-state index in [0.29, 0.717) is 17.9 Å². The summed E-state index contributed by atoms with van der Waals surface area (Å²) >= 11 is 0. The molecule has 0 bridgehead atoms. The number of aliphatic carboxylic acids is 1. The van der Waals surface area contributed by atoms with Crippen molar-refractivity contribution in [2.45, 2.75) is 26.3 Å². The van der Waals surface area contributed by atoms with Crippen molar-refractivity contribution in [3.63, 3.8) is 0 Å². The van der Waals surface area contributed by atoms with Crippen molar-refractivity contribution in [3.8, 4) is 5.75 Å². The van der Waals surface area contributed by atoms with Crippen molar-refractivity contribution in [1.29, 1.82) is 0 Å². The van der Waals surface area contributed by atoms with Crippen LogP contribution < -0.4 is 4.74 Å². The lowest BCUT2D eigenvalue weighted by Gasteiger charge is -2.19. The van der Waals surface area contributed by atoms with Crippen LogP contribution in [-0.2, 0) is 11.3 Å². The molecule has 0 fully saturated rings. The molecule has 0 aliphatic rings. The van der Waals surface area contributed by atoms with Crippen LogP contribution in [-0.4, -0.2) is 40.5 Å². The molecule has 1 amide bonds. The minimum Gasteiger partial charge on any atom is -0.482 e. The molecule has 0 atom stereocenters. The Hall–Kier alpha value is -3.41. The summed E-state index contributed by atoms with van der Waals surface area (Å²) in [5.41, 5.74) is 3.27. The number of para-hydroxylation sites is 1. The summed E-state index contributed by atoms with van der Waals surface area (Å²) in [5, 5.41) is 9.51. The molecule has 0 aliphatic carbocycles. The van der Waals surface area contributed by atoms with Gasteiger partial charge in [0.2, 0.25) is 0 Å². The van der Waals surface area contributed by atoms with Gasteiger partial charge in [-0.3, -0.25) is 9.78 Å². The van der Waals surface area contributed by atoms with Crippen LogP contribution in [0, 0.1) is 0 Å². The molecule has 0 unspecified atom stereocenters. The molecule has 3 aromatic rings. The number of carboxylic acids is 1. The maximum absolute atomic E-state index is 13.2. The first-order chi connectivity index (χ1) is 13.8. The Bertz CT molecular complexity index is 1030. The predicted molar refractivity (Wildman–Crippen MR) is 111 cm³/mol. The van der Waals surface area contributed by atoms with E-state index < -0.39 is 5.97 Å². The van der Waals surface area contributed by atoms with Gasteiger partial charge in [-0.15, -0.1) is 0 Å². The molecule has 150 valence electrons. The summed E-state index contributed by atoms with van der Waals surface area (Å²) in [5.74, 6) is -0.400. The molecule has 0 saturated carbocycles. The van der Waals surface area contributed by atoms with E-state index in [2.05, 4.69) is 18.8 Å². The summed E-state index contributed by atoms with van der Waals surface area (Å²) in [7, 11) is 1.77. The number of nitrogens with zero attached hydrogens (tertiary/aromatic N) is 2. The number of carbonyl (C=O) groups excluding carboxylic acids is 1. The van der Waals surface area contributed by atoms with Gasteiger partial charge >= 0.3 is 5.97 Å². The zero-order valence-electron chi connectivity index (χ0n) is 16.8. The number of benzene rings is 2. The number of carboxylic acid groups (broad SMARTS) is 1. The average molecular weight is 392 g/mol. The van der Waals surface area contributed by atoms with E-state index in [0.717, 1.165) is 22.2 Å². The Labute approximate surface area is 169 Å². The van der Waals surface area contributed by atoms with Crippen LogP contribution in [0.25, 0.3) is 10.9 Å². The van der Waals surface area contributed by atoms with E-state index in [-0.39, 0.29) is 18.4 Å². The number of fused-ring (bicyclic) bond motifs is 1. The Kier molecular flexibility index (Phi) is 6.12. The Morgan fingerprint density at radius 1 is 1.10 bits per heavy atom. The Morgan fingerprint density at radius 3 is 2.45 bits per heavy atom. The topological polar surface area (TPSA) is 79.7 Å². The molecular weight excluding hydrogens is 368 g/mol. The zero-order chi connectivity index (χ0) is 21.0. The molecule has 2 aromatic carbocycles. The summed E-state index contributed by atoms with van der Waals surface area (Å²) < 4.78 is 5.14. The van der Waals surface area contributed by atoms with Crippen molar-refractivity contribution in [3.05, 3.63) is 71.4 Å². The zero-order valence-corrected chi connectivity index (χ0v) is 16.8. The highest BCUT2D eigenvalue weighted by Crippen LogP contribution is 2.24. The molecular formula is C23H24N2O4. The highest BCUT2D eigenvalue weighted by Gasteiger charge is 2.18. The largest absolute Gasteiger partial charge is 0.482 e. The van der Waals surface area contributed by atoms with E-state index in [4.69, 9.17) is 9.84 Å². The van der Waals surface area contributed by atoms with E-state index in [1.807, 2.05) is 42.5 Å². The highest BCUT2D eigenvalue weighted by molar-refractivity contribution is 6.06. The van der Waals surface area contributed by atoms with Crippen LogP contribution in [0.5, 0.6) is 5.75 Å². The monoisotopic (exact) mass is 392 g/mol. The lowest BCUT2D eigenvalue weighted by molar-refractivity contribution is -0.139. The van der Waals surface area contributed by atoms with E-state index >= 15 is 0 Å². The van der Waals surface area contributed by atoms with Gasteiger partial charge in [-0.25, -0.2) is 4.79 Å². The standard InChI is InChI=1S/C23H24N2O4/c1-15(2)21-12-19(18-6-4-5-7-20(18)24-21)23(28)25(3)13-16-8-10-17(11-9-16)29-14-22(26)27/h4-12,15H,13-14H2,1-3H3,(H,26,27). The third-order valence-corrected chi connectivity index (χ3v) is 4.61. The molecule has 6 heteroatoms. The van der Waals surface area contributed by atoms with E-state index in [9.17, 15) is 9.59 Å². The van der Waals surface area contributed by atoms with Gasteiger partial charge in [-0.1, -0.05) is 44.2 Å². The third-order valence-electron chi connectivity index (χ3n) is 4.61. The Balaban J connectivity index is 1.80. The van der Waals surface area contributed by atoms with Crippen molar-refractivity contribution in [2.24, 2.45) is 0 Å². The SMILES string of the molecule is CC(C)c1cc(C(=O)N(C)Cc2ccc(OCC(=O)O)cc2)c2ccccc2n1. The van der Waals surface area contributed by atoms with Crippen LogP contribution in [0.15, 0.2) is 54.6 Å². The Morgan fingerprint density at radius 2 is 1.79 bits per heavy atom. The first-order valence-electron chi connectivity index (χ1n) is 9.44. The number of hydrogen-bond acceptors (Lipinski definition) is 4. The fourth-order valence-corrected chi connectivity index (χ4v) is 3.06. The fraction of sp³-hybridized carbons (Fsp3) is 0.261. The molecule has 6 nitrogen and oxygen atoms in total. The summed E-state index contributed by atoms with van der Waals surface area (Å²) in [6.07, 6.45) is 0. The van der Waals surface area contributed by atoms with Gasteiger partial charge in [-0.05, 0) is 35.7 Å². The third kappa shape index (κ3) is 4.90. The van der Waals surface area contributed by atoms with Gasteiger partial charge in [0, 0.05) is 24.7 Å². The van der Waals surface area contributed by atoms with Crippen LogP contribution in [0.2, 0.25) is 0 Å². The van der Waals surface area contributed by atoms with Crippen LogP contribution in [0.4, 0.5) is 0 Å². The molecule has 0 aliphatic heterocycles. The van der Waals surface area contributed by atoms with Crippen LogP contribution >= 0.6 is 0 Å². The van der Waals surface area contributed by atoms with Crippen molar-refractivity contribution in [1.82, 2.24) is 9.88 Å². The van der Waals surface area contributed by atoms with Crippen molar-refractivity contribution < 1.29 is 19.4 Å². The van der Waals surface area contributed by atoms with E-state index in [1.165, 1.54) is 0 Å². The van der Waals surface area contributed by atoms with Gasteiger partial charge < -0.3 is 14.7 Å². The predicted octanol–water partition coefficient (Wildman–Crippen LogP) is 4.09. The molecule has 3 rings (SSSR count). The summed E-state index contributed by atoms with van der Waals surface area (Å²) in [6, 6.07) is 16.6. The number of hydrogen-bond donors (Lipinski definition) is 1. The van der Waals surface area contributed by atoms with Gasteiger partial charge in [0.15, 0.2) is 6.61 Å². The second-order valence-corrected chi connectivity index (χ2v) is 7.25. The molecule has 1 heterocycles. The second-order valence-electron chi connectivity index (χ2n) is 7.25. The number of ether oxygens (including phenoxy) is 1. The van der Waals surface area contributed by atoms with E-state index in [1.54, 1.807) is 24.1 Å². The van der Waals surface area contributed by atoms with Crippen molar-refractivity contribution in [2.75, 3.05) is 13.7 Å². The quantitative estimate of drug-likeness (QED) is 0.655. The maximum Gasteiger partial charge on any atom is 0.341 e. The number of amides is 1. The maximum atomic E-state index is 13.2. The minimum atomic E-state index is -1.02. The molecule has 0 spiro atoms. The molecule has 1 N–H and O–H groups in total. The first kappa shape index (κ1) is 20.3. The van der Waals surface area contributed by atoms with Gasteiger partial charge in [0.25, 0.3) is 5.91 Å². The van der Waals surface area contributed by atoms with Gasteiger partial charge in [0.1, 0.15) is 5.75 Å². The smallest absolute Gasteiger partial charge is 0.341 e. The molecule has 0 saturated heterocycles. The lowest BCUT2D eigenvalue weighted by Crippen LogP contribution is -2.26. The number of carbonyl (C=O) groups is 2. The second kappa shape index (κ2) is 8.73. The van der Waals surface area contributed by atoms with Crippen molar-refractivity contribution >= 4 is 22.8 Å². The highest BCUT2D eigenvalue weighted by atomic mass is 16.5. The summed E-state index contributed by atoms with van der Waals surface area (Å²) in [4.78, 5) is 30.1. The molecule has 0 radical (unpaired) electrons. The van der Waals surface area contributed by atoms with Gasteiger partial charge in [-0.2, -0.15) is 0 Å². The molecule has 29 heavy (non-hydrogen) atoms. The van der Waals surface area contributed by atoms with Crippen LogP contribution in [0.3, 0.4) is 0 Å². The average Bonchev–Trinajstić information content (AvgIpc) is 2.71. The number of aromatic nitrogens is 1. The van der Waals surface area contributed by atoms with Gasteiger partial charge in [0.05, 0.1) is 11.1 Å². The number of pyridine rings is 1. The fourth-order valence-electron chi connectivity index (χ4n) is 3.06. The first-order valence-corrected chi connectivity index (χ1v) is 9.44. The lowest BCUT2D eigenvalue weighted by atomic mass is 10.0. The summed E-state index contributed by atoms with van der Waals surface area (Å²) in [6.45, 7) is 4.16. The number of rotatable bonds is 7. The minimum absolute atomic E-state index is 0.0725. The normalized spacial score (nSPS) is 10.9. The van der Waals surface area contributed by atoms with Crippen LogP contribution in [0.1, 0.15) is 41.4 Å².